The number of rotatable bonds is 4. The van der Waals surface area contributed by atoms with Gasteiger partial charge in [0.15, 0.2) is 0 Å². The molecule has 0 saturated carbocycles. The molecule has 0 radical (unpaired) electrons. The van der Waals surface area contributed by atoms with E-state index in [2.05, 4.69) is 15.5 Å². The summed E-state index contributed by atoms with van der Waals surface area (Å²) in [6, 6.07) is 11.1. The number of nitrogens with zero attached hydrogens (tertiary/aromatic N) is 3. The highest BCUT2D eigenvalue weighted by molar-refractivity contribution is 5.51. The van der Waals surface area contributed by atoms with Crippen molar-refractivity contribution in [3.63, 3.8) is 0 Å². The number of halogens is 2. The van der Waals surface area contributed by atoms with Gasteiger partial charge in [0.2, 0.25) is 0 Å². The fourth-order valence-corrected chi connectivity index (χ4v) is 1.97. The SMILES string of the molecule is Fc1ccc(CNc2cccc(-n3cnnc3)c2)c(F)c1. The summed E-state index contributed by atoms with van der Waals surface area (Å²) in [5.41, 5.74) is 2.13. The first-order valence-electron chi connectivity index (χ1n) is 6.35. The highest BCUT2D eigenvalue weighted by atomic mass is 19.1. The average Bonchev–Trinajstić information content (AvgIpc) is 3.01. The second-order valence-corrected chi connectivity index (χ2v) is 4.51. The van der Waals surface area contributed by atoms with Crippen molar-refractivity contribution in [1.29, 1.82) is 0 Å². The molecule has 0 fully saturated rings. The number of anilines is 1. The van der Waals surface area contributed by atoms with E-state index in [0.29, 0.717) is 5.56 Å². The Morgan fingerprint density at radius 2 is 1.81 bits per heavy atom. The second-order valence-electron chi connectivity index (χ2n) is 4.51. The van der Waals surface area contributed by atoms with Gasteiger partial charge >= 0.3 is 0 Å². The minimum Gasteiger partial charge on any atom is -0.381 e. The van der Waals surface area contributed by atoms with E-state index in [1.54, 1.807) is 17.2 Å². The third-order valence-corrected chi connectivity index (χ3v) is 3.06. The fraction of sp³-hybridized carbons (Fsp3) is 0.0667. The van der Waals surface area contributed by atoms with Crippen LogP contribution in [-0.2, 0) is 6.54 Å². The molecule has 0 unspecified atom stereocenters. The molecule has 0 saturated heterocycles. The lowest BCUT2D eigenvalue weighted by molar-refractivity contribution is 0.574. The zero-order chi connectivity index (χ0) is 14.7. The molecule has 0 amide bonds. The van der Waals surface area contributed by atoms with E-state index in [1.807, 2.05) is 24.3 Å². The summed E-state index contributed by atoms with van der Waals surface area (Å²) in [6.45, 7) is 0.276. The minimum atomic E-state index is -0.578. The van der Waals surface area contributed by atoms with Gasteiger partial charge in [0.05, 0.1) is 5.69 Å². The van der Waals surface area contributed by atoms with Crippen molar-refractivity contribution >= 4 is 5.69 Å². The molecule has 4 nitrogen and oxygen atoms in total. The summed E-state index contributed by atoms with van der Waals surface area (Å²) in [7, 11) is 0. The Bertz CT molecular complexity index is 741. The molecule has 0 aliphatic heterocycles. The third kappa shape index (κ3) is 3.05. The van der Waals surface area contributed by atoms with Crippen LogP contribution in [0.2, 0.25) is 0 Å². The molecule has 3 aromatic rings. The van der Waals surface area contributed by atoms with Gasteiger partial charge in [-0.2, -0.15) is 0 Å². The van der Waals surface area contributed by atoms with Gasteiger partial charge in [-0.3, -0.25) is 4.57 Å². The van der Waals surface area contributed by atoms with E-state index in [1.165, 1.54) is 12.1 Å². The highest BCUT2D eigenvalue weighted by Gasteiger charge is 2.04. The zero-order valence-corrected chi connectivity index (χ0v) is 11.0. The quantitative estimate of drug-likeness (QED) is 0.801. The van der Waals surface area contributed by atoms with Crippen molar-refractivity contribution in [3.8, 4) is 5.69 Å². The monoisotopic (exact) mass is 286 g/mol. The van der Waals surface area contributed by atoms with E-state index < -0.39 is 11.6 Å². The lowest BCUT2D eigenvalue weighted by Gasteiger charge is -2.09. The van der Waals surface area contributed by atoms with E-state index in [4.69, 9.17) is 0 Å². The van der Waals surface area contributed by atoms with E-state index in [0.717, 1.165) is 17.4 Å². The molecule has 0 bridgehead atoms. The maximum absolute atomic E-state index is 13.6. The summed E-state index contributed by atoms with van der Waals surface area (Å²) < 4.78 is 28.2. The Balaban J connectivity index is 1.75. The van der Waals surface area contributed by atoms with Crippen molar-refractivity contribution in [2.24, 2.45) is 0 Å². The molecule has 0 spiro atoms. The number of hydrogen-bond acceptors (Lipinski definition) is 3. The molecule has 1 heterocycles. The van der Waals surface area contributed by atoms with Crippen LogP contribution in [0.5, 0.6) is 0 Å². The van der Waals surface area contributed by atoms with Gasteiger partial charge in [-0.1, -0.05) is 12.1 Å². The normalized spacial score (nSPS) is 10.6. The molecule has 3 rings (SSSR count). The first-order valence-corrected chi connectivity index (χ1v) is 6.35. The largest absolute Gasteiger partial charge is 0.381 e. The van der Waals surface area contributed by atoms with E-state index in [-0.39, 0.29) is 6.54 Å². The molecule has 106 valence electrons. The molecular formula is C15H12F2N4. The van der Waals surface area contributed by atoms with Crippen LogP contribution in [0.25, 0.3) is 5.69 Å². The zero-order valence-electron chi connectivity index (χ0n) is 11.0. The summed E-state index contributed by atoms with van der Waals surface area (Å²) in [4.78, 5) is 0. The number of benzene rings is 2. The molecule has 0 atom stereocenters. The second kappa shape index (κ2) is 5.70. The van der Waals surface area contributed by atoms with Gasteiger partial charge in [-0.05, 0) is 24.3 Å². The van der Waals surface area contributed by atoms with Crippen LogP contribution >= 0.6 is 0 Å². The Morgan fingerprint density at radius 1 is 1.00 bits per heavy atom. The van der Waals surface area contributed by atoms with Gasteiger partial charge in [0, 0.05) is 23.9 Å². The smallest absolute Gasteiger partial charge is 0.131 e. The van der Waals surface area contributed by atoms with Crippen LogP contribution in [0, 0.1) is 11.6 Å². The Hall–Kier alpha value is -2.76. The molecule has 6 heteroatoms. The third-order valence-electron chi connectivity index (χ3n) is 3.06. The Kier molecular flexibility index (Phi) is 3.59. The number of nitrogens with one attached hydrogen (secondary N) is 1. The lowest BCUT2D eigenvalue weighted by Crippen LogP contribution is -2.02. The van der Waals surface area contributed by atoms with E-state index in [9.17, 15) is 8.78 Å². The Labute approximate surface area is 120 Å². The van der Waals surface area contributed by atoms with Crippen molar-refractivity contribution in [1.82, 2.24) is 14.8 Å². The summed E-state index contributed by atoms with van der Waals surface area (Å²) in [5.74, 6) is -1.14. The van der Waals surface area contributed by atoms with Crippen molar-refractivity contribution in [2.75, 3.05) is 5.32 Å². The van der Waals surface area contributed by atoms with Crippen LogP contribution in [0.3, 0.4) is 0 Å². The standard InChI is InChI=1S/C15H12F2N4/c16-12-5-4-11(15(17)6-12)8-18-13-2-1-3-14(7-13)21-9-19-20-10-21/h1-7,9-10,18H,8H2. The first kappa shape index (κ1) is 13.2. The maximum atomic E-state index is 13.6. The lowest BCUT2D eigenvalue weighted by atomic mass is 10.2. The van der Waals surface area contributed by atoms with Gasteiger partial charge in [0.25, 0.3) is 0 Å². The number of aromatic nitrogens is 3. The summed E-state index contributed by atoms with van der Waals surface area (Å²) in [5, 5.41) is 10.6. The van der Waals surface area contributed by atoms with E-state index >= 15 is 0 Å². The summed E-state index contributed by atoms with van der Waals surface area (Å²) in [6.07, 6.45) is 3.19. The average molecular weight is 286 g/mol. The molecule has 0 aliphatic carbocycles. The molecule has 21 heavy (non-hydrogen) atoms. The molecule has 0 aliphatic rings. The molecule has 1 aromatic heterocycles. The molecular weight excluding hydrogens is 274 g/mol. The summed E-state index contributed by atoms with van der Waals surface area (Å²) >= 11 is 0. The fourth-order valence-electron chi connectivity index (χ4n) is 1.97. The number of hydrogen-bond donors (Lipinski definition) is 1. The van der Waals surface area contributed by atoms with Gasteiger partial charge in [0.1, 0.15) is 24.3 Å². The van der Waals surface area contributed by atoms with Crippen LogP contribution < -0.4 is 5.32 Å². The van der Waals surface area contributed by atoms with Crippen LogP contribution in [0.15, 0.2) is 55.1 Å². The topological polar surface area (TPSA) is 42.7 Å². The van der Waals surface area contributed by atoms with Crippen LogP contribution in [0.4, 0.5) is 14.5 Å². The molecule has 1 N–H and O–H groups in total. The predicted octanol–water partition coefficient (Wildman–Crippen LogP) is 3.16. The Morgan fingerprint density at radius 3 is 2.57 bits per heavy atom. The highest BCUT2D eigenvalue weighted by Crippen LogP contribution is 2.16. The van der Waals surface area contributed by atoms with Crippen molar-refractivity contribution in [3.05, 3.63) is 72.3 Å². The van der Waals surface area contributed by atoms with Crippen molar-refractivity contribution < 1.29 is 8.78 Å². The van der Waals surface area contributed by atoms with Gasteiger partial charge in [-0.25, -0.2) is 8.78 Å². The minimum absolute atomic E-state index is 0.276. The van der Waals surface area contributed by atoms with Gasteiger partial charge < -0.3 is 5.32 Å². The first-order chi connectivity index (χ1) is 10.2. The van der Waals surface area contributed by atoms with Crippen LogP contribution in [-0.4, -0.2) is 14.8 Å². The maximum Gasteiger partial charge on any atom is 0.131 e. The predicted molar refractivity (Wildman–Crippen MR) is 75.0 cm³/mol. The van der Waals surface area contributed by atoms with Crippen LogP contribution in [0.1, 0.15) is 5.56 Å². The molecule has 2 aromatic carbocycles. The van der Waals surface area contributed by atoms with Crippen molar-refractivity contribution in [2.45, 2.75) is 6.54 Å². The van der Waals surface area contributed by atoms with Gasteiger partial charge in [-0.15, -0.1) is 10.2 Å².